The van der Waals surface area contributed by atoms with Crippen molar-refractivity contribution in [2.24, 2.45) is 0 Å². The smallest absolute Gasteiger partial charge is 0.0786 e. The predicted molar refractivity (Wildman–Crippen MR) is 70.5 cm³/mol. The van der Waals surface area contributed by atoms with Crippen LogP contribution in [0.25, 0.3) is 10.8 Å². The van der Waals surface area contributed by atoms with Crippen LogP contribution in [0.2, 0.25) is 0 Å². The molecule has 0 amide bonds. The minimum absolute atomic E-state index is 0.116. The summed E-state index contributed by atoms with van der Waals surface area (Å²) in [4.78, 5) is 2.24. The van der Waals surface area contributed by atoms with E-state index in [9.17, 15) is 0 Å². The fraction of sp³-hybridized carbons (Fsp3) is 0.286. The third-order valence-electron chi connectivity index (χ3n) is 3.43. The highest BCUT2D eigenvalue weighted by atomic mass is 35.5. The zero-order chi connectivity index (χ0) is 11.3. The van der Waals surface area contributed by atoms with Crippen LogP contribution in [0.1, 0.15) is 16.5 Å². The first-order valence-corrected chi connectivity index (χ1v) is 5.99. The molecule has 3 rings (SSSR count). The van der Waals surface area contributed by atoms with Crippen LogP contribution in [0.4, 0.5) is 5.69 Å². The molecule has 16 heavy (non-hydrogen) atoms. The SMILES string of the molecule is Cc1cc2c(c3ccccc13)C(Cl)CN2C. The molecule has 1 atom stereocenters. The molecule has 1 aliphatic rings. The molecule has 0 saturated heterocycles. The minimum Gasteiger partial charge on any atom is -0.372 e. The van der Waals surface area contributed by atoms with E-state index in [0.717, 1.165) is 6.54 Å². The molecule has 1 nitrogen and oxygen atoms in total. The van der Waals surface area contributed by atoms with E-state index in [2.05, 4.69) is 49.2 Å². The summed E-state index contributed by atoms with van der Waals surface area (Å²) in [5.41, 5.74) is 3.91. The molecule has 2 heteroatoms. The number of aryl methyl sites for hydroxylation is 1. The molecule has 0 spiro atoms. The van der Waals surface area contributed by atoms with Gasteiger partial charge in [-0.25, -0.2) is 0 Å². The second-order valence-corrected chi connectivity index (χ2v) is 5.05. The zero-order valence-corrected chi connectivity index (χ0v) is 10.3. The molecule has 0 saturated carbocycles. The van der Waals surface area contributed by atoms with E-state index in [1.165, 1.54) is 27.6 Å². The molecule has 82 valence electrons. The molecule has 0 bridgehead atoms. The average Bonchev–Trinajstić information content (AvgIpc) is 2.55. The van der Waals surface area contributed by atoms with Gasteiger partial charge in [0, 0.05) is 24.8 Å². The number of halogens is 1. The lowest BCUT2D eigenvalue weighted by Crippen LogP contribution is -2.13. The number of rotatable bonds is 0. The molecule has 0 N–H and O–H groups in total. The maximum absolute atomic E-state index is 6.43. The van der Waals surface area contributed by atoms with Gasteiger partial charge >= 0.3 is 0 Å². The highest BCUT2D eigenvalue weighted by Crippen LogP contribution is 2.43. The summed E-state index contributed by atoms with van der Waals surface area (Å²) in [5.74, 6) is 0. The topological polar surface area (TPSA) is 3.24 Å². The standard InChI is InChI=1S/C14H14ClN/c1-9-7-13-14(12(15)8-16(13)2)11-6-4-3-5-10(9)11/h3-7,12H,8H2,1-2H3. The number of anilines is 1. The normalized spacial score (nSPS) is 19.2. The molecule has 0 aliphatic carbocycles. The lowest BCUT2D eigenvalue weighted by atomic mass is 9.98. The van der Waals surface area contributed by atoms with E-state index in [-0.39, 0.29) is 5.38 Å². The Morgan fingerprint density at radius 1 is 1.25 bits per heavy atom. The second kappa shape index (κ2) is 3.39. The molecule has 0 aromatic heterocycles. The van der Waals surface area contributed by atoms with E-state index in [1.807, 2.05) is 0 Å². The Balaban J connectivity index is 2.44. The van der Waals surface area contributed by atoms with E-state index >= 15 is 0 Å². The van der Waals surface area contributed by atoms with Crippen LogP contribution >= 0.6 is 11.6 Å². The highest BCUT2D eigenvalue weighted by Gasteiger charge is 2.27. The van der Waals surface area contributed by atoms with Crippen LogP contribution in [0, 0.1) is 6.92 Å². The maximum Gasteiger partial charge on any atom is 0.0786 e. The second-order valence-electron chi connectivity index (χ2n) is 4.52. The molecule has 2 aromatic carbocycles. The third kappa shape index (κ3) is 1.24. The minimum atomic E-state index is 0.116. The fourth-order valence-electron chi connectivity index (χ4n) is 2.64. The Morgan fingerprint density at radius 3 is 2.69 bits per heavy atom. The predicted octanol–water partition coefficient (Wildman–Crippen LogP) is 3.88. The summed E-state index contributed by atoms with van der Waals surface area (Å²) < 4.78 is 0. The van der Waals surface area contributed by atoms with E-state index in [4.69, 9.17) is 11.6 Å². The van der Waals surface area contributed by atoms with Crippen molar-refractivity contribution in [2.75, 3.05) is 18.5 Å². The summed E-state index contributed by atoms with van der Waals surface area (Å²) in [7, 11) is 2.11. The van der Waals surface area contributed by atoms with E-state index in [1.54, 1.807) is 0 Å². The largest absolute Gasteiger partial charge is 0.372 e. The number of nitrogens with zero attached hydrogens (tertiary/aromatic N) is 1. The molecular weight excluding hydrogens is 218 g/mol. The van der Waals surface area contributed by atoms with Crippen LogP contribution in [-0.2, 0) is 0 Å². The Morgan fingerprint density at radius 2 is 1.94 bits per heavy atom. The highest BCUT2D eigenvalue weighted by molar-refractivity contribution is 6.23. The third-order valence-corrected chi connectivity index (χ3v) is 3.79. The zero-order valence-electron chi connectivity index (χ0n) is 9.50. The molecule has 1 aliphatic heterocycles. The van der Waals surface area contributed by atoms with Crippen molar-refractivity contribution in [3.63, 3.8) is 0 Å². The Hall–Kier alpha value is -1.21. The van der Waals surface area contributed by atoms with Gasteiger partial charge in [-0.3, -0.25) is 0 Å². The van der Waals surface area contributed by atoms with Crippen molar-refractivity contribution < 1.29 is 0 Å². The van der Waals surface area contributed by atoms with E-state index < -0.39 is 0 Å². The number of benzene rings is 2. The van der Waals surface area contributed by atoms with Gasteiger partial charge in [-0.2, -0.15) is 0 Å². The van der Waals surface area contributed by atoms with Gasteiger partial charge in [0.05, 0.1) is 5.38 Å². The van der Waals surface area contributed by atoms with Crippen LogP contribution in [0.3, 0.4) is 0 Å². The number of fused-ring (bicyclic) bond motifs is 3. The molecule has 0 fully saturated rings. The molecular formula is C14H14ClN. The van der Waals surface area contributed by atoms with Gasteiger partial charge in [0.25, 0.3) is 0 Å². The van der Waals surface area contributed by atoms with Gasteiger partial charge in [-0.15, -0.1) is 11.6 Å². The summed E-state index contributed by atoms with van der Waals surface area (Å²) in [6.07, 6.45) is 0. The quantitative estimate of drug-likeness (QED) is 0.622. The lowest BCUT2D eigenvalue weighted by molar-refractivity contribution is 0.931. The van der Waals surface area contributed by atoms with Gasteiger partial charge in [0.2, 0.25) is 0 Å². The lowest BCUT2D eigenvalue weighted by Gasteiger charge is -2.14. The first-order chi connectivity index (χ1) is 7.68. The van der Waals surface area contributed by atoms with Crippen molar-refractivity contribution in [3.05, 3.63) is 41.5 Å². The molecule has 1 heterocycles. The summed E-state index contributed by atoms with van der Waals surface area (Å²) in [5, 5.41) is 2.74. The summed E-state index contributed by atoms with van der Waals surface area (Å²) in [6.45, 7) is 3.07. The first kappa shape index (κ1) is 9.98. The maximum atomic E-state index is 6.43. The van der Waals surface area contributed by atoms with Crippen LogP contribution in [-0.4, -0.2) is 13.6 Å². The van der Waals surface area contributed by atoms with Gasteiger partial charge in [0.1, 0.15) is 0 Å². The molecule has 0 radical (unpaired) electrons. The van der Waals surface area contributed by atoms with Crippen molar-refractivity contribution in [1.29, 1.82) is 0 Å². The van der Waals surface area contributed by atoms with Crippen molar-refractivity contribution >= 4 is 28.1 Å². The Bertz CT molecular complexity index is 562. The summed E-state index contributed by atoms with van der Waals surface area (Å²) in [6, 6.07) is 10.8. The van der Waals surface area contributed by atoms with Crippen molar-refractivity contribution in [1.82, 2.24) is 0 Å². The number of likely N-dealkylation sites (N-methyl/N-ethyl adjacent to an activating group) is 1. The summed E-state index contributed by atoms with van der Waals surface area (Å²) >= 11 is 6.43. The van der Waals surface area contributed by atoms with Gasteiger partial charge in [0.15, 0.2) is 0 Å². The van der Waals surface area contributed by atoms with E-state index in [0.29, 0.717) is 0 Å². The Labute approximate surface area is 101 Å². The fourth-order valence-corrected chi connectivity index (χ4v) is 3.07. The number of alkyl halides is 1. The molecule has 2 aromatic rings. The van der Waals surface area contributed by atoms with Crippen molar-refractivity contribution in [2.45, 2.75) is 12.3 Å². The van der Waals surface area contributed by atoms with Crippen LogP contribution < -0.4 is 4.90 Å². The average molecular weight is 232 g/mol. The van der Waals surface area contributed by atoms with Gasteiger partial charge in [-0.05, 0) is 29.3 Å². The van der Waals surface area contributed by atoms with Gasteiger partial charge in [-0.1, -0.05) is 24.3 Å². The Kier molecular flexibility index (Phi) is 2.11. The number of hydrogen-bond acceptors (Lipinski definition) is 1. The van der Waals surface area contributed by atoms with Crippen LogP contribution in [0.15, 0.2) is 30.3 Å². The van der Waals surface area contributed by atoms with Gasteiger partial charge < -0.3 is 4.90 Å². The number of hydrogen-bond donors (Lipinski definition) is 0. The molecule has 1 unspecified atom stereocenters. The van der Waals surface area contributed by atoms with Crippen molar-refractivity contribution in [3.8, 4) is 0 Å². The first-order valence-electron chi connectivity index (χ1n) is 5.56. The monoisotopic (exact) mass is 231 g/mol. The van der Waals surface area contributed by atoms with Crippen LogP contribution in [0.5, 0.6) is 0 Å².